The maximum atomic E-state index is 9.28. The monoisotopic (exact) mass is 314 g/mol. The fourth-order valence-electron chi connectivity index (χ4n) is 3.02. The number of aliphatic hydroxyl groups excluding tert-OH is 1. The minimum atomic E-state index is 0.0650. The van der Waals surface area contributed by atoms with Gasteiger partial charge in [0, 0.05) is 0 Å². The lowest BCUT2D eigenvalue weighted by atomic mass is 9.99. The highest BCUT2D eigenvalue weighted by Gasteiger charge is 2.04. The molecular weight excluding hydrogens is 296 g/mol. The van der Waals surface area contributed by atoms with E-state index in [1.807, 2.05) is 31.2 Å². The summed E-state index contributed by atoms with van der Waals surface area (Å²) in [6.45, 7) is 2.03. The highest BCUT2D eigenvalue weighted by Crippen LogP contribution is 2.27. The Kier molecular flexibility index (Phi) is 3.63. The number of aromatic amines is 1. The number of aryl methyl sites for hydroxylation is 1. The average molecular weight is 314 g/mol. The molecule has 4 rings (SSSR count). The molecule has 3 heteroatoms. The number of fused-ring (bicyclic) bond motifs is 1. The summed E-state index contributed by atoms with van der Waals surface area (Å²) >= 11 is 0. The quantitative estimate of drug-likeness (QED) is 0.576. The molecule has 4 aromatic rings. The highest BCUT2D eigenvalue weighted by atomic mass is 16.3. The first-order valence-electron chi connectivity index (χ1n) is 8.00. The van der Waals surface area contributed by atoms with Crippen LogP contribution in [0.4, 0.5) is 0 Å². The van der Waals surface area contributed by atoms with Crippen molar-refractivity contribution in [2.45, 2.75) is 13.5 Å². The van der Waals surface area contributed by atoms with Gasteiger partial charge in [-0.25, -0.2) is 4.98 Å². The van der Waals surface area contributed by atoms with Crippen LogP contribution in [0.3, 0.4) is 0 Å². The van der Waals surface area contributed by atoms with E-state index in [4.69, 9.17) is 0 Å². The van der Waals surface area contributed by atoms with Crippen molar-refractivity contribution in [2.24, 2.45) is 0 Å². The highest BCUT2D eigenvalue weighted by molar-refractivity contribution is 5.82. The summed E-state index contributed by atoms with van der Waals surface area (Å²) in [7, 11) is 0. The zero-order valence-corrected chi connectivity index (χ0v) is 13.5. The van der Waals surface area contributed by atoms with Gasteiger partial charge in [0.25, 0.3) is 0 Å². The van der Waals surface area contributed by atoms with Crippen LogP contribution in [0, 0.1) is 6.92 Å². The lowest BCUT2D eigenvalue weighted by Gasteiger charge is -2.06. The molecule has 118 valence electrons. The number of aliphatic hydroxyl groups is 1. The third-order valence-corrected chi connectivity index (χ3v) is 4.26. The molecule has 0 aliphatic rings. The minimum absolute atomic E-state index is 0.0650. The van der Waals surface area contributed by atoms with E-state index < -0.39 is 0 Å². The van der Waals surface area contributed by atoms with Gasteiger partial charge in [0.2, 0.25) is 0 Å². The Hall–Kier alpha value is -2.91. The number of hydrogen-bond acceptors (Lipinski definition) is 2. The molecule has 0 radical (unpaired) electrons. The van der Waals surface area contributed by atoms with E-state index >= 15 is 0 Å². The average Bonchev–Trinajstić information content (AvgIpc) is 3.01. The van der Waals surface area contributed by atoms with Crippen LogP contribution in [0.15, 0.2) is 66.7 Å². The molecular formula is C21H18N2O. The predicted molar refractivity (Wildman–Crippen MR) is 97.6 cm³/mol. The molecule has 0 atom stereocenters. The van der Waals surface area contributed by atoms with Crippen LogP contribution in [0.2, 0.25) is 0 Å². The Morgan fingerprint density at radius 3 is 2.21 bits per heavy atom. The summed E-state index contributed by atoms with van der Waals surface area (Å²) in [6, 6.07) is 22.8. The Balaban J connectivity index is 1.69. The van der Waals surface area contributed by atoms with E-state index in [0.717, 1.165) is 33.5 Å². The fraction of sp³-hybridized carbons (Fsp3) is 0.0952. The standard InChI is InChI=1S/C21H18N2O/c1-14-22-20-10-9-19(12-21(20)23-14)17-7-5-16(6-8-17)18-4-2-3-15(11-18)13-24/h2-12,24H,13H2,1H3,(H,22,23). The zero-order valence-electron chi connectivity index (χ0n) is 13.5. The van der Waals surface area contributed by atoms with E-state index in [1.165, 1.54) is 11.1 Å². The SMILES string of the molecule is Cc1nc2ccc(-c3ccc(-c4cccc(CO)c4)cc3)cc2[nH]1. The van der Waals surface area contributed by atoms with Crippen molar-refractivity contribution in [2.75, 3.05) is 0 Å². The second kappa shape index (κ2) is 5.95. The van der Waals surface area contributed by atoms with Crippen molar-refractivity contribution in [1.29, 1.82) is 0 Å². The first kappa shape index (κ1) is 14.7. The van der Waals surface area contributed by atoms with Crippen LogP contribution >= 0.6 is 0 Å². The number of rotatable bonds is 3. The van der Waals surface area contributed by atoms with Crippen molar-refractivity contribution in [3.63, 3.8) is 0 Å². The predicted octanol–water partition coefficient (Wildman–Crippen LogP) is 4.70. The Morgan fingerprint density at radius 2 is 1.50 bits per heavy atom. The van der Waals surface area contributed by atoms with Gasteiger partial charge >= 0.3 is 0 Å². The van der Waals surface area contributed by atoms with Crippen LogP contribution < -0.4 is 0 Å². The molecule has 0 fully saturated rings. The summed E-state index contributed by atoms with van der Waals surface area (Å²) < 4.78 is 0. The van der Waals surface area contributed by atoms with Crippen LogP contribution in [-0.4, -0.2) is 15.1 Å². The Labute approximate surface area is 140 Å². The molecule has 0 spiro atoms. The zero-order chi connectivity index (χ0) is 16.5. The van der Waals surface area contributed by atoms with Crippen molar-refractivity contribution in [3.8, 4) is 22.3 Å². The van der Waals surface area contributed by atoms with E-state index in [0.29, 0.717) is 0 Å². The molecule has 0 saturated carbocycles. The van der Waals surface area contributed by atoms with Crippen molar-refractivity contribution in [1.82, 2.24) is 9.97 Å². The molecule has 1 aromatic heterocycles. The molecule has 2 N–H and O–H groups in total. The second-order valence-corrected chi connectivity index (χ2v) is 5.99. The molecule has 0 bridgehead atoms. The Morgan fingerprint density at radius 1 is 0.833 bits per heavy atom. The van der Waals surface area contributed by atoms with Crippen LogP contribution in [0.5, 0.6) is 0 Å². The molecule has 0 aliphatic heterocycles. The van der Waals surface area contributed by atoms with Crippen molar-refractivity contribution < 1.29 is 5.11 Å². The van der Waals surface area contributed by atoms with Gasteiger partial charge in [0.05, 0.1) is 17.6 Å². The van der Waals surface area contributed by atoms with Gasteiger partial charge in [0.15, 0.2) is 0 Å². The lowest BCUT2D eigenvalue weighted by molar-refractivity contribution is 0.282. The molecule has 24 heavy (non-hydrogen) atoms. The molecule has 0 amide bonds. The number of hydrogen-bond donors (Lipinski definition) is 2. The summed E-state index contributed by atoms with van der Waals surface area (Å²) in [5, 5.41) is 9.28. The third kappa shape index (κ3) is 2.70. The molecule has 3 aromatic carbocycles. The number of nitrogens with one attached hydrogen (secondary N) is 1. The summed E-state index contributed by atoms with van der Waals surface area (Å²) in [5.74, 6) is 0.932. The molecule has 0 unspecified atom stereocenters. The second-order valence-electron chi connectivity index (χ2n) is 5.99. The molecule has 3 nitrogen and oxygen atoms in total. The van der Waals surface area contributed by atoms with Crippen molar-refractivity contribution in [3.05, 3.63) is 78.1 Å². The van der Waals surface area contributed by atoms with E-state index in [1.54, 1.807) is 0 Å². The smallest absolute Gasteiger partial charge is 0.104 e. The molecule has 1 heterocycles. The number of nitrogens with zero attached hydrogens (tertiary/aromatic N) is 1. The number of aromatic nitrogens is 2. The van der Waals surface area contributed by atoms with E-state index in [9.17, 15) is 5.11 Å². The topological polar surface area (TPSA) is 48.9 Å². The summed E-state index contributed by atoms with van der Waals surface area (Å²) in [5.41, 5.74) is 7.59. The maximum absolute atomic E-state index is 9.28. The van der Waals surface area contributed by atoms with Gasteiger partial charge in [-0.1, -0.05) is 48.5 Å². The van der Waals surface area contributed by atoms with Gasteiger partial charge in [0.1, 0.15) is 5.82 Å². The molecule has 0 aliphatic carbocycles. The van der Waals surface area contributed by atoms with Crippen LogP contribution in [0.1, 0.15) is 11.4 Å². The minimum Gasteiger partial charge on any atom is -0.392 e. The number of H-pyrrole nitrogens is 1. The third-order valence-electron chi connectivity index (χ3n) is 4.26. The fourth-order valence-corrected chi connectivity index (χ4v) is 3.02. The van der Waals surface area contributed by atoms with Crippen LogP contribution in [-0.2, 0) is 6.61 Å². The largest absolute Gasteiger partial charge is 0.392 e. The van der Waals surface area contributed by atoms with E-state index in [2.05, 4.69) is 52.4 Å². The Bertz CT molecular complexity index is 1000. The van der Waals surface area contributed by atoms with Gasteiger partial charge < -0.3 is 10.1 Å². The van der Waals surface area contributed by atoms with Crippen LogP contribution in [0.25, 0.3) is 33.3 Å². The first-order valence-corrected chi connectivity index (χ1v) is 8.00. The van der Waals surface area contributed by atoms with Crippen molar-refractivity contribution >= 4 is 11.0 Å². The van der Waals surface area contributed by atoms with E-state index in [-0.39, 0.29) is 6.61 Å². The van der Waals surface area contributed by atoms with Gasteiger partial charge in [-0.05, 0) is 52.9 Å². The normalized spacial score (nSPS) is 11.1. The number of benzene rings is 3. The van der Waals surface area contributed by atoms with Gasteiger partial charge in [-0.3, -0.25) is 0 Å². The van der Waals surface area contributed by atoms with Gasteiger partial charge in [-0.15, -0.1) is 0 Å². The lowest BCUT2D eigenvalue weighted by Crippen LogP contribution is -1.85. The maximum Gasteiger partial charge on any atom is 0.104 e. The first-order chi connectivity index (χ1) is 11.7. The number of imidazole rings is 1. The van der Waals surface area contributed by atoms with Gasteiger partial charge in [-0.2, -0.15) is 0 Å². The summed E-state index contributed by atoms with van der Waals surface area (Å²) in [6.07, 6.45) is 0. The molecule has 0 saturated heterocycles. The summed E-state index contributed by atoms with van der Waals surface area (Å²) in [4.78, 5) is 7.73.